The molecule has 1 aliphatic heterocycles. The molecule has 4 rings (SSSR count). The van der Waals surface area contributed by atoms with Crippen LogP contribution in [0.4, 0.5) is 5.69 Å². The van der Waals surface area contributed by atoms with E-state index in [1.165, 1.54) is 4.31 Å². The number of carbonyl (C=O) groups is 2. The minimum atomic E-state index is -3.34. The van der Waals surface area contributed by atoms with Crippen molar-refractivity contribution in [3.63, 3.8) is 0 Å². The molecule has 0 unspecified atom stereocenters. The first kappa shape index (κ1) is 19.1. The minimum Gasteiger partial charge on any atom is -0.453 e. The van der Waals surface area contributed by atoms with E-state index in [4.69, 9.17) is 4.74 Å². The van der Waals surface area contributed by atoms with E-state index in [1.54, 1.807) is 36.4 Å². The standard InChI is InChI=1S/C21H18N2O5S/c1-29(26,27)23-11-10-15-12-16(7-9-19(15)23)20(24)13-28-21(25)18-8-6-14-4-2-3-5-17(14)22-18/h2-9,12H,10-11,13H2,1H3. The number of sulfonamides is 1. The van der Waals surface area contributed by atoms with E-state index in [1.807, 2.05) is 18.2 Å². The zero-order valence-electron chi connectivity index (χ0n) is 15.7. The first-order valence-electron chi connectivity index (χ1n) is 9.00. The summed E-state index contributed by atoms with van der Waals surface area (Å²) in [5.74, 6) is -1.03. The Morgan fingerprint density at radius 2 is 1.90 bits per heavy atom. The first-order chi connectivity index (χ1) is 13.8. The maximum atomic E-state index is 12.4. The van der Waals surface area contributed by atoms with E-state index in [9.17, 15) is 18.0 Å². The van der Waals surface area contributed by atoms with Crippen LogP contribution in [-0.4, -0.2) is 44.6 Å². The quantitative estimate of drug-likeness (QED) is 0.474. The molecule has 0 spiro atoms. The molecule has 0 bridgehead atoms. The van der Waals surface area contributed by atoms with Gasteiger partial charge < -0.3 is 4.74 Å². The van der Waals surface area contributed by atoms with Gasteiger partial charge in [-0.25, -0.2) is 18.2 Å². The van der Waals surface area contributed by atoms with Gasteiger partial charge in [-0.1, -0.05) is 24.3 Å². The summed E-state index contributed by atoms with van der Waals surface area (Å²) in [6.45, 7) is -0.0592. The van der Waals surface area contributed by atoms with Crippen LogP contribution in [0.15, 0.2) is 54.6 Å². The number of ketones is 1. The van der Waals surface area contributed by atoms with Crippen molar-refractivity contribution in [3.8, 4) is 0 Å². The fourth-order valence-corrected chi connectivity index (χ4v) is 4.32. The molecular weight excluding hydrogens is 392 g/mol. The predicted octanol–water partition coefficient (Wildman–Crippen LogP) is 2.60. The van der Waals surface area contributed by atoms with E-state index in [-0.39, 0.29) is 11.5 Å². The third-order valence-electron chi connectivity index (χ3n) is 4.80. The number of hydrogen-bond donors (Lipinski definition) is 0. The molecular formula is C21H18N2O5S. The molecule has 29 heavy (non-hydrogen) atoms. The highest BCUT2D eigenvalue weighted by atomic mass is 32.2. The summed E-state index contributed by atoms with van der Waals surface area (Å²) in [6, 6.07) is 15.5. The topological polar surface area (TPSA) is 93.6 Å². The zero-order chi connectivity index (χ0) is 20.6. The third kappa shape index (κ3) is 3.84. The van der Waals surface area contributed by atoms with Crippen molar-refractivity contribution in [1.29, 1.82) is 0 Å². The zero-order valence-corrected chi connectivity index (χ0v) is 16.5. The highest BCUT2D eigenvalue weighted by Crippen LogP contribution is 2.30. The number of aromatic nitrogens is 1. The largest absolute Gasteiger partial charge is 0.453 e. The number of para-hydroxylation sites is 1. The van der Waals surface area contributed by atoms with Gasteiger partial charge in [0, 0.05) is 17.5 Å². The maximum absolute atomic E-state index is 12.4. The number of ether oxygens (including phenoxy) is 1. The van der Waals surface area contributed by atoms with Crippen molar-refractivity contribution in [1.82, 2.24) is 4.98 Å². The third-order valence-corrected chi connectivity index (χ3v) is 5.98. The number of carbonyl (C=O) groups excluding carboxylic acids is 2. The second-order valence-corrected chi connectivity index (χ2v) is 8.72. The Kier molecular flexibility index (Phi) is 4.79. The lowest BCUT2D eigenvalue weighted by Crippen LogP contribution is -2.27. The molecule has 0 N–H and O–H groups in total. The number of benzene rings is 2. The van der Waals surface area contributed by atoms with Gasteiger partial charge in [-0.3, -0.25) is 9.10 Å². The van der Waals surface area contributed by atoms with E-state index in [0.29, 0.717) is 29.7 Å². The van der Waals surface area contributed by atoms with Crippen molar-refractivity contribution in [2.24, 2.45) is 0 Å². The molecule has 0 fully saturated rings. The van der Waals surface area contributed by atoms with Gasteiger partial charge in [0.25, 0.3) is 0 Å². The molecule has 7 nitrogen and oxygen atoms in total. The van der Waals surface area contributed by atoms with Crippen molar-refractivity contribution >= 4 is 38.4 Å². The Morgan fingerprint density at radius 3 is 2.69 bits per heavy atom. The summed E-state index contributed by atoms with van der Waals surface area (Å²) in [7, 11) is -3.34. The Morgan fingerprint density at radius 1 is 1.10 bits per heavy atom. The number of fused-ring (bicyclic) bond motifs is 2. The normalized spacial score (nSPS) is 13.3. The number of esters is 1. The van der Waals surface area contributed by atoms with Crippen LogP contribution in [0.5, 0.6) is 0 Å². The Labute approximate surface area is 168 Å². The first-order valence-corrected chi connectivity index (χ1v) is 10.8. The summed E-state index contributed by atoms with van der Waals surface area (Å²) in [5.41, 5.74) is 2.54. The molecule has 0 saturated carbocycles. The molecule has 0 saturated heterocycles. The van der Waals surface area contributed by atoms with Crippen molar-refractivity contribution < 1.29 is 22.7 Å². The lowest BCUT2D eigenvalue weighted by molar-refractivity contribution is 0.0469. The molecule has 0 amide bonds. The van der Waals surface area contributed by atoms with Gasteiger partial charge >= 0.3 is 5.97 Å². The number of rotatable bonds is 5. The monoisotopic (exact) mass is 410 g/mol. The van der Waals surface area contributed by atoms with Gasteiger partial charge in [-0.05, 0) is 42.3 Å². The smallest absolute Gasteiger partial charge is 0.357 e. The van der Waals surface area contributed by atoms with Crippen molar-refractivity contribution in [3.05, 3.63) is 71.4 Å². The van der Waals surface area contributed by atoms with Crippen molar-refractivity contribution in [2.45, 2.75) is 6.42 Å². The molecule has 3 aromatic rings. The second-order valence-electron chi connectivity index (χ2n) is 6.82. The number of pyridine rings is 1. The van der Waals surface area contributed by atoms with Crippen LogP contribution < -0.4 is 4.31 Å². The average molecular weight is 410 g/mol. The highest BCUT2D eigenvalue weighted by Gasteiger charge is 2.27. The molecule has 1 aliphatic rings. The average Bonchev–Trinajstić information content (AvgIpc) is 3.15. The van der Waals surface area contributed by atoms with Crippen LogP contribution in [0.2, 0.25) is 0 Å². The summed E-state index contributed by atoms with van der Waals surface area (Å²) < 4.78 is 30.1. The lowest BCUT2D eigenvalue weighted by atomic mass is 10.1. The van der Waals surface area contributed by atoms with Gasteiger partial charge in [-0.2, -0.15) is 0 Å². The molecule has 2 aromatic carbocycles. The van der Waals surface area contributed by atoms with Crippen LogP contribution in [0.1, 0.15) is 26.4 Å². The van der Waals surface area contributed by atoms with E-state index in [0.717, 1.165) is 17.2 Å². The van der Waals surface area contributed by atoms with Gasteiger partial charge in [0.15, 0.2) is 12.4 Å². The van der Waals surface area contributed by atoms with Crippen LogP contribution in [0.25, 0.3) is 10.9 Å². The molecule has 8 heteroatoms. The molecule has 1 aromatic heterocycles. The van der Waals surface area contributed by atoms with Crippen LogP contribution in [0, 0.1) is 0 Å². The molecule has 0 radical (unpaired) electrons. The summed E-state index contributed by atoms with van der Waals surface area (Å²) in [6.07, 6.45) is 1.69. The lowest BCUT2D eigenvalue weighted by Gasteiger charge is -2.16. The molecule has 0 atom stereocenters. The molecule has 0 aliphatic carbocycles. The number of anilines is 1. The van der Waals surface area contributed by atoms with Crippen molar-refractivity contribution in [2.75, 3.05) is 23.7 Å². The Balaban J connectivity index is 1.45. The summed E-state index contributed by atoms with van der Waals surface area (Å²) >= 11 is 0. The molecule has 2 heterocycles. The Hall–Kier alpha value is -3.26. The van der Waals surface area contributed by atoms with Gasteiger partial charge in [0.05, 0.1) is 17.5 Å². The second kappa shape index (κ2) is 7.29. The highest BCUT2D eigenvalue weighted by molar-refractivity contribution is 7.92. The van der Waals surface area contributed by atoms with Crippen LogP contribution in [-0.2, 0) is 21.2 Å². The maximum Gasteiger partial charge on any atom is 0.357 e. The predicted molar refractivity (Wildman–Crippen MR) is 109 cm³/mol. The number of nitrogens with zero attached hydrogens (tertiary/aromatic N) is 2. The van der Waals surface area contributed by atoms with Gasteiger partial charge in [-0.15, -0.1) is 0 Å². The fraction of sp³-hybridized carbons (Fsp3) is 0.190. The number of hydrogen-bond acceptors (Lipinski definition) is 6. The van der Waals surface area contributed by atoms with Crippen LogP contribution in [0.3, 0.4) is 0 Å². The minimum absolute atomic E-state index is 0.134. The fourth-order valence-electron chi connectivity index (χ4n) is 3.36. The van der Waals surface area contributed by atoms with Gasteiger partial charge in [0.1, 0.15) is 5.69 Å². The summed E-state index contributed by atoms with van der Waals surface area (Å²) in [5, 5.41) is 0.904. The number of Topliss-reactive ketones (excluding diaryl/α,β-unsaturated/α-hetero) is 1. The van der Waals surface area contributed by atoms with E-state index in [2.05, 4.69) is 4.98 Å². The Bertz CT molecular complexity index is 1240. The van der Waals surface area contributed by atoms with Gasteiger partial charge in [0.2, 0.25) is 10.0 Å². The summed E-state index contributed by atoms with van der Waals surface area (Å²) in [4.78, 5) is 29.0. The van der Waals surface area contributed by atoms with E-state index < -0.39 is 22.6 Å². The van der Waals surface area contributed by atoms with Crippen LogP contribution >= 0.6 is 0 Å². The van der Waals surface area contributed by atoms with E-state index >= 15 is 0 Å². The molecule has 148 valence electrons. The SMILES string of the molecule is CS(=O)(=O)N1CCc2cc(C(=O)COC(=O)c3ccc4ccccc4n3)ccc21.